The molecular weight excluding hydrogens is 371 g/mol. The molecule has 0 spiro atoms. The minimum Gasteiger partial charge on any atom is -0.478 e. The lowest BCUT2D eigenvalue weighted by atomic mass is 9.84. The normalized spacial score (nSPS) is 24.6. The number of ether oxygens (including phenoxy) is 1. The van der Waals surface area contributed by atoms with Crippen molar-refractivity contribution in [1.82, 2.24) is 0 Å². The minimum atomic E-state index is -1.06. The number of ketones is 1. The highest BCUT2D eigenvalue weighted by Gasteiger charge is 2.49. The third-order valence-electron chi connectivity index (χ3n) is 4.80. The zero-order valence-corrected chi connectivity index (χ0v) is 14.9. The number of carboxylic acid groups (broad SMARTS) is 1. The molecule has 1 aromatic heterocycles. The molecule has 0 saturated heterocycles. The predicted molar refractivity (Wildman–Crippen MR) is 91.9 cm³/mol. The second-order valence-corrected chi connectivity index (χ2v) is 7.96. The Morgan fingerprint density at radius 3 is 2.75 bits per heavy atom. The Kier molecular flexibility index (Phi) is 3.46. The molecule has 124 valence electrons. The maximum Gasteiger partial charge on any atom is 0.345 e. The van der Waals surface area contributed by atoms with E-state index in [-0.39, 0.29) is 22.2 Å². The van der Waals surface area contributed by atoms with Crippen LogP contribution in [0, 0.1) is 0 Å². The molecule has 0 amide bonds. The summed E-state index contributed by atoms with van der Waals surface area (Å²) in [5, 5.41) is 11.4. The monoisotopic (exact) mass is 382 g/mol. The number of benzene rings is 1. The van der Waals surface area contributed by atoms with E-state index in [1.54, 1.807) is 0 Å². The molecule has 1 aliphatic heterocycles. The van der Waals surface area contributed by atoms with Gasteiger partial charge in [0.15, 0.2) is 11.9 Å². The summed E-state index contributed by atoms with van der Waals surface area (Å²) in [6.07, 6.45) is -0.336. The van der Waals surface area contributed by atoms with Crippen molar-refractivity contribution in [2.24, 2.45) is 0 Å². The molecule has 4 rings (SSSR count). The molecule has 2 atom stereocenters. The van der Waals surface area contributed by atoms with Crippen LogP contribution in [0.1, 0.15) is 33.3 Å². The molecule has 2 aliphatic rings. The van der Waals surface area contributed by atoms with Gasteiger partial charge in [-0.3, -0.25) is 4.79 Å². The third-order valence-corrected chi connectivity index (χ3v) is 6.77. The van der Waals surface area contributed by atoms with Gasteiger partial charge >= 0.3 is 5.97 Å². The first-order chi connectivity index (χ1) is 11.3. The van der Waals surface area contributed by atoms with Crippen LogP contribution in [-0.4, -0.2) is 23.0 Å². The Balaban J connectivity index is 1.90. The standard InChI is InChI=1S/C17H12Cl2O4S/c1-17(10-3-2-4-24-10)6-8-7-5-9(16(21)22)23-14(7)13(19)12(18)11(8)15(17)20/h2-4,9H,5-6H2,1H3,(H,21,22). The van der Waals surface area contributed by atoms with Crippen LogP contribution < -0.4 is 4.74 Å². The van der Waals surface area contributed by atoms with Crippen LogP contribution in [0.5, 0.6) is 5.75 Å². The lowest BCUT2D eigenvalue weighted by Crippen LogP contribution is -2.28. The number of Topliss-reactive ketones (excluding diaryl/α,β-unsaturated/α-hetero) is 1. The van der Waals surface area contributed by atoms with Gasteiger partial charge in [0.25, 0.3) is 0 Å². The number of carboxylic acids is 1. The van der Waals surface area contributed by atoms with Crippen molar-refractivity contribution >= 4 is 46.3 Å². The Labute approximate surface area is 152 Å². The zero-order valence-electron chi connectivity index (χ0n) is 12.6. The Morgan fingerprint density at radius 1 is 1.38 bits per heavy atom. The molecule has 1 aliphatic carbocycles. The van der Waals surface area contributed by atoms with Crippen molar-refractivity contribution in [2.45, 2.75) is 31.3 Å². The lowest BCUT2D eigenvalue weighted by Gasteiger charge is -2.20. The zero-order chi connectivity index (χ0) is 17.2. The van der Waals surface area contributed by atoms with Gasteiger partial charge in [-0.1, -0.05) is 29.3 Å². The number of hydrogen-bond acceptors (Lipinski definition) is 4. The van der Waals surface area contributed by atoms with Gasteiger partial charge in [0.05, 0.1) is 10.4 Å². The fourth-order valence-electron chi connectivity index (χ4n) is 3.54. The molecular formula is C17H12Cl2O4S. The number of hydrogen-bond donors (Lipinski definition) is 1. The summed E-state index contributed by atoms with van der Waals surface area (Å²) in [4.78, 5) is 25.3. The molecule has 4 nitrogen and oxygen atoms in total. The highest BCUT2D eigenvalue weighted by Crippen LogP contribution is 2.52. The summed E-state index contributed by atoms with van der Waals surface area (Å²) < 4.78 is 5.47. The van der Waals surface area contributed by atoms with Crippen molar-refractivity contribution < 1.29 is 19.4 Å². The second-order valence-electron chi connectivity index (χ2n) is 6.25. The second kappa shape index (κ2) is 5.22. The highest BCUT2D eigenvalue weighted by atomic mass is 35.5. The Hall–Kier alpha value is -1.56. The summed E-state index contributed by atoms with van der Waals surface area (Å²) in [6, 6.07) is 3.84. The van der Waals surface area contributed by atoms with E-state index in [0.717, 1.165) is 10.4 Å². The number of fused-ring (bicyclic) bond motifs is 3. The van der Waals surface area contributed by atoms with E-state index in [4.69, 9.17) is 27.9 Å². The van der Waals surface area contributed by atoms with Gasteiger partial charge in [0.2, 0.25) is 0 Å². The predicted octanol–water partition coefficient (Wildman–Crippen LogP) is 4.14. The van der Waals surface area contributed by atoms with Gasteiger partial charge < -0.3 is 9.84 Å². The van der Waals surface area contributed by atoms with E-state index < -0.39 is 17.5 Å². The number of carbonyl (C=O) groups excluding carboxylic acids is 1. The average Bonchev–Trinajstić information content (AvgIpc) is 3.24. The van der Waals surface area contributed by atoms with E-state index in [1.165, 1.54) is 11.3 Å². The van der Waals surface area contributed by atoms with Gasteiger partial charge in [-0.05, 0) is 30.4 Å². The molecule has 7 heteroatoms. The van der Waals surface area contributed by atoms with Gasteiger partial charge in [-0.25, -0.2) is 4.79 Å². The maximum absolute atomic E-state index is 13.1. The number of rotatable bonds is 2. The average molecular weight is 383 g/mol. The summed E-state index contributed by atoms with van der Waals surface area (Å²) >= 11 is 14.2. The maximum atomic E-state index is 13.1. The van der Waals surface area contributed by atoms with Gasteiger partial charge in [-0.15, -0.1) is 11.3 Å². The van der Waals surface area contributed by atoms with Crippen molar-refractivity contribution in [3.63, 3.8) is 0 Å². The number of aliphatic carboxylic acids is 1. The van der Waals surface area contributed by atoms with Gasteiger partial charge in [-0.2, -0.15) is 0 Å². The van der Waals surface area contributed by atoms with Crippen LogP contribution in [-0.2, 0) is 23.1 Å². The van der Waals surface area contributed by atoms with Crippen LogP contribution in [0.25, 0.3) is 0 Å². The quantitative estimate of drug-likeness (QED) is 0.847. The van der Waals surface area contributed by atoms with Crippen molar-refractivity contribution in [3.8, 4) is 5.75 Å². The first kappa shape index (κ1) is 15.9. The molecule has 1 aromatic carbocycles. The molecule has 1 N–H and O–H groups in total. The SMILES string of the molecule is CC1(c2cccs2)Cc2c3c(c(Cl)c(Cl)c2C1=O)OC(C(=O)O)C3. The molecule has 0 fully saturated rings. The minimum absolute atomic E-state index is 0.0755. The van der Waals surface area contributed by atoms with Crippen LogP contribution in [0.15, 0.2) is 17.5 Å². The van der Waals surface area contributed by atoms with Crippen LogP contribution in [0.2, 0.25) is 10.0 Å². The summed E-state index contributed by atoms with van der Waals surface area (Å²) in [5.41, 5.74) is 1.16. The summed E-state index contributed by atoms with van der Waals surface area (Å²) in [7, 11) is 0. The fraction of sp³-hybridized carbons (Fsp3) is 0.294. The fourth-order valence-corrected chi connectivity index (χ4v) is 4.97. The molecule has 2 heterocycles. The Morgan fingerprint density at radius 2 is 2.12 bits per heavy atom. The van der Waals surface area contributed by atoms with Crippen LogP contribution in [0.3, 0.4) is 0 Å². The summed E-state index contributed by atoms with van der Waals surface area (Å²) in [6.45, 7) is 1.89. The van der Waals surface area contributed by atoms with E-state index >= 15 is 0 Å². The first-order valence-electron chi connectivity index (χ1n) is 7.35. The highest BCUT2D eigenvalue weighted by molar-refractivity contribution is 7.10. The lowest BCUT2D eigenvalue weighted by molar-refractivity contribution is -0.144. The van der Waals surface area contributed by atoms with Crippen LogP contribution >= 0.6 is 34.5 Å². The van der Waals surface area contributed by atoms with E-state index in [2.05, 4.69) is 0 Å². The molecule has 2 aromatic rings. The van der Waals surface area contributed by atoms with E-state index in [1.807, 2.05) is 24.4 Å². The molecule has 24 heavy (non-hydrogen) atoms. The smallest absolute Gasteiger partial charge is 0.345 e. The number of halogens is 2. The molecule has 0 bridgehead atoms. The van der Waals surface area contributed by atoms with Crippen molar-refractivity contribution in [1.29, 1.82) is 0 Å². The molecule has 0 saturated carbocycles. The van der Waals surface area contributed by atoms with Crippen molar-refractivity contribution in [3.05, 3.63) is 49.1 Å². The first-order valence-corrected chi connectivity index (χ1v) is 8.99. The third kappa shape index (κ3) is 1.98. The number of thiophene rings is 1. The van der Waals surface area contributed by atoms with E-state index in [9.17, 15) is 14.7 Å². The van der Waals surface area contributed by atoms with Crippen molar-refractivity contribution in [2.75, 3.05) is 0 Å². The largest absolute Gasteiger partial charge is 0.478 e. The topological polar surface area (TPSA) is 63.6 Å². The molecule has 0 radical (unpaired) electrons. The molecule has 2 unspecified atom stereocenters. The van der Waals surface area contributed by atoms with Gasteiger partial charge in [0, 0.05) is 22.4 Å². The Bertz CT molecular complexity index is 891. The van der Waals surface area contributed by atoms with Gasteiger partial charge in [0.1, 0.15) is 10.8 Å². The van der Waals surface area contributed by atoms with E-state index in [0.29, 0.717) is 23.3 Å². The van der Waals surface area contributed by atoms with Crippen LogP contribution in [0.4, 0.5) is 0 Å². The summed E-state index contributed by atoms with van der Waals surface area (Å²) in [5.74, 6) is -0.832. The number of carbonyl (C=O) groups is 2.